The predicted octanol–water partition coefficient (Wildman–Crippen LogP) is 5.42. The molecule has 0 aromatic heterocycles. The Bertz CT molecular complexity index is 1320. The maximum atomic E-state index is 12.6. The summed E-state index contributed by atoms with van der Waals surface area (Å²) in [7, 11) is 0. The third-order valence-electron chi connectivity index (χ3n) is 6.02. The van der Waals surface area contributed by atoms with Gasteiger partial charge in [0, 0.05) is 17.5 Å². The summed E-state index contributed by atoms with van der Waals surface area (Å²) in [6.07, 6.45) is 0. The molecule has 5 rings (SSSR count). The zero-order valence-electron chi connectivity index (χ0n) is 19.2. The maximum absolute atomic E-state index is 12.6. The molecule has 0 unspecified atom stereocenters. The molecule has 35 heavy (non-hydrogen) atoms. The second kappa shape index (κ2) is 10.7. The van der Waals surface area contributed by atoms with Crippen molar-refractivity contribution in [1.29, 1.82) is 0 Å². The number of carbonyl (C=O) groups excluding carboxylic acids is 2. The van der Waals surface area contributed by atoms with Gasteiger partial charge < -0.3 is 15.0 Å². The normalized spacial score (nSPS) is 15.4. The molecule has 0 saturated carbocycles. The number of hydrogen-bond acceptors (Lipinski definition) is 4. The van der Waals surface area contributed by atoms with Gasteiger partial charge in [0.25, 0.3) is 5.91 Å². The van der Waals surface area contributed by atoms with Crippen molar-refractivity contribution in [2.24, 2.45) is 0 Å². The Hall–Kier alpha value is -3.77. The molecule has 4 aromatic carbocycles. The smallest absolute Gasteiger partial charge is 0.251 e. The highest BCUT2D eigenvalue weighted by atomic mass is 32.2. The summed E-state index contributed by atoms with van der Waals surface area (Å²) >= 11 is 1.62. The van der Waals surface area contributed by atoms with Crippen molar-refractivity contribution in [3.05, 3.63) is 114 Å². The Morgan fingerprint density at radius 1 is 0.914 bits per heavy atom. The maximum Gasteiger partial charge on any atom is 0.251 e. The van der Waals surface area contributed by atoms with Crippen LogP contribution >= 0.6 is 11.8 Å². The van der Waals surface area contributed by atoms with E-state index in [9.17, 15) is 9.59 Å². The van der Waals surface area contributed by atoms with Gasteiger partial charge in [0.1, 0.15) is 17.7 Å². The number of hydrogen-bond donors (Lipinski definition) is 1. The lowest BCUT2D eigenvalue weighted by Gasteiger charge is -2.24. The monoisotopic (exact) mass is 482 g/mol. The van der Waals surface area contributed by atoms with Crippen LogP contribution in [0.1, 0.15) is 26.9 Å². The molecule has 1 aliphatic heterocycles. The Kier molecular flexibility index (Phi) is 7.00. The van der Waals surface area contributed by atoms with Crippen molar-refractivity contribution in [2.75, 3.05) is 18.9 Å². The van der Waals surface area contributed by atoms with Crippen LogP contribution in [0.25, 0.3) is 10.8 Å². The van der Waals surface area contributed by atoms with Gasteiger partial charge in [-0.05, 0) is 34.7 Å². The van der Waals surface area contributed by atoms with Gasteiger partial charge in [-0.15, -0.1) is 11.8 Å². The Morgan fingerprint density at radius 3 is 2.49 bits per heavy atom. The molecular formula is C29H26N2O3S. The second-order valence-corrected chi connectivity index (χ2v) is 9.44. The molecule has 5 nitrogen and oxygen atoms in total. The highest BCUT2D eigenvalue weighted by Crippen LogP contribution is 2.39. The van der Waals surface area contributed by atoms with E-state index in [0.29, 0.717) is 31.0 Å². The fourth-order valence-corrected chi connectivity index (χ4v) is 5.42. The second-order valence-electron chi connectivity index (χ2n) is 8.37. The minimum atomic E-state index is -0.144. The summed E-state index contributed by atoms with van der Waals surface area (Å²) in [6, 6.07) is 31.6. The number of nitrogens with one attached hydrogen (secondary N) is 1. The largest absolute Gasteiger partial charge is 0.491 e. The fourth-order valence-electron chi connectivity index (χ4n) is 4.23. The van der Waals surface area contributed by atoms with Crippen LogP contribution in [-0.2, 0) is 11.3 Å². The van der Waals surface area contributed by atoms with Crippen LogP contribution in [0.2, 0.25) is 0 Å². The summed E-state index contributed by atoms with van der Waals surface area (Å²) in [5.41, 5.74) is 2.71. The number of rotatable bonds is 8. The van der Waals surface area contributed by atoms with Crippen molar-refractivity contribution >= 4 is 34.3 Å². The SMILES string of the molecule is O=C(NCCOc1cccc2ccccc12)c1ccc([C@H]2SCC(=O)N2Cc2ccccc2)cc1. The highest BCUT2D eigenvalue weighted by molar-refractivity contribution is 8.00. The zero-order chi connectivity index (χ0) is 24.0. The lowest BCUT2D eigenvalue weighted by molar-refractivity contribution is -0.128. The summed E-state index contributed by atoms with van der Waals surface area (Å²) in [5.74, 6) is 1.27. The van der Waals surface area contributed by atoms with E-state index in [2.05, 4.69) is 17.4 Å². The van der Waals surface area contributed by atoms with Crippen LogP contribution in [0, 0.1) is 0 Å². The van der Waals surface area contributed by atoms with Crippen LogP contribution in [0.3, 0.4) is 0 Å². The summed E-state index contributed by atoms with van der Waals surface area (Å²) in [4.78, 5) is 27.0. The molecule has 0 aliphatic carbocycles. The minimum Gasteiger partial charge on any atom is -0.491 e. The number of thioether (sulfide) groups is 1. The lowest BCUT2D eigenvalue weighted by atomic mass is 10.1. The van der Waals surface area contributed by atoms with Gasteiger partial charge >= 0.3 is 0 Å². The summed E-state index contributed by atoms with van der Waals surface area (Å²) in [5, 5.41) is 5.05. The first kappa shape index (κ1) is 23.0. The molecule has 0 spiro atoms. The first-order chi connectivity index (χ1) is 17.2. The van der Waals surface area contributed by atoms with Crippen molar-refractivity contribution < 1.29 is 14.3 Å². The molecule has 1 fully saturated rings. The molecule has 0 radical (unpaired) electrons. The van der Waals surface area contributed by atoms with Gasteiger partial charge in [-0.1, -0.05) is 78.9 Å². The van der Waals surface area contributed by atoms with E-state index in [1.54, 1.807) is 11.8 Å². The molecule has 176 valence electrons. The van der Waals surface area contributed by atoms with Gasteiger partial charge in [0.05, 0.1) is 12.3 Å². The van der Waals surface area contributed by atoms with Crippen LogP contribution in [0.15, 0.2) is 97.1 Å². The summed E-state index contributed by atoms with van der Waals surface area (Å²) in [6.45, 7) is 1.37. The van der Waals surface area contributed by atoms with E-state index in [1.165, 1.54) is 0 Å². The van der Waals surface area contributed by atoms with Crippen molar-refractivity contribution in [3.8, 4) is 5.75 Å². The molecule has 2 amide bonds. The quantitative estimate of drug-likeness (QED) is 0.341. The Labute approximate surface area is 209 Å². The van der Waals surface area contributed by atoms with Gasteiger partial charge in [0.2, 0.25) is 5.91 Å². The topological polar surface area (TPSA) is 58.6 Å². The van der Waals surface area contributed by atoms with Gasteiger partial charge in [-0.3, -0.25) is 9.59 Å². The highest BCUT2D eigenvalue weighted by Gasteiger charge is 2.32. The van der Waals surface area contributed by atoms with Gasteiger partial charge in [0.15, 0.2) is 0 Å². The van der Waals surface area contributed by atoms with Gasteiger partial charge in [-0.25, -0.2) is 0 Å². The van der Waals surface area contributed by atoms with Crippen LogP contribution < -0.4 is 10.1 Å². The fraction of sp³-hybridized carbons (Fsp3) is 0.172. The van der Waals surface area contributed by atoms with Gasteiger partial charge in [-0.2, -0.15) is 0 Å². The third kappa shape index (κ3) is 5.33. The molecule has 1 saturated heterocycles. The van der Waals surface area contributed by atoms with E-state index < -0.39 is 0 Å². The number of benzene rings is 4. The minimum absolute atomic E-state index is 0.0473. The Morgan fingerprint density at radius 2 is 1.66 bits per heavy atom. The van der Waals surface area contributed by atoms with Crippen molar-refractivity contribution in [2.45, 2.75) is 11.9 Å². The molecule has 0 bridgehead atoms. The van der Waals surface area contributed by atoms with E-state index in [0.717, 1.165) is 27.6 Å². The first-order valence-electron chi connectivity index (χ1n) is 11.6. The molecule has 1 N–H and O–H groups in total. The molecular weight excluding hydrogens is 456 g/mol. The number of amides is 2. The van der Waals surface area contributed by atoms with Crippen LogP contribution in [0.5, 0.6) is 5.75 Å². The molecule has 4 aromatic rings. The number of nitrogens with zero attached hydrogens (tertiary/aromatic N) is 1. The van der Waals surface area contributed by atoms with Crippen LogP contribution in [0.4, 0.5) is 0 Å². The Balaban J connectivity index is 1.16. The lowest BCUT2D eigenvalue weighted by Crippen LogP contribution is -2.28. The van der Waals surface area contributed by atoms with E-state index in [1.807, 2.05) is 89.8 Å². The van der Waals surface area contributed by atoms with Crippen molar-refractivity contribution in [1.82, 2.24) is 10.2 Å². The average Bonchev–Trinajstić information content (AvgIpc) is 3.27. The molecule has 1 atom stereocenters. The van der Waals surface area contributed by atoms with Crippen molar-refractivity contribution in [3.63, 3.8) is 0 Å². The summed E-state index contributed by atoms with van der Waals surface area (Å²) < 4.78 is 5.91. The molecule has 1 heterocycles. The third-order valence-corrected chi connectivity index (χ3v) is 7.27. The zero-order valence-corrected chi connectivity index (χ0v) is 20.0. The number of ether oxygens (including phenoxy) is 1. The number of fused-ring (bicyclic) bond motifs is 1. The van der Waals surface area contributed by atoms with E-state index in [-0.39, 0.29) is 17.2 Å². The first-order valence-corrected chi connectivity index (χ1v) is 12.7. The van der Waals surface area contributed by atoms with E-state index in [4.69, 9.17) is 4.74 Å². The average molecular weight is 483 g/mol. The van der Waals surface area contributed by atoms with Crippen LogP contribution in [-0.4, -0.2) is 35.6 Å². The standard InChI is InChI=1S/C29H26N2O3S/c32-27-20-35-29(31(27)19-21-7-2-1-3-8-21)24-15-13-23(14-16-24)28(33)30-17-18-34-26-12-6-10-22-9-4-5-11-25(22)26/h1-16,29H,17-20H2,(H,30,33)/t29-/m1/s1. The van der Waals surface area contributed by atoms with E-state index >= 15 is 0 Å². The molecule has 1 aliphatic rings. The number of carbonyl (C=O) groups is 2. The molecule has 6 heteroatoms. The predicted molar refractivity (Wildman–Crippen MR) is 140 cm³/mol.